The summed E-state index contributed by atoms with van der Waals surface area (Å²) in [5.74, 6) is 2.37. The Morgan fingerprint density at radius 3 is 2.25 bits per heavy atom. The minimum absolute atomic E-state index is 0.102. The predicted molar refractivity (Wildman–Crippen MR) is 237 cm³/mol. The van der Waals surface area contributed by atoms with Crippen LogP contribution in [0.25, 0.3) is 10.8 Å². The SMILES string of the molecule is COc1cc(Nc2cc(Oc3ccc(NC(=O)Nc4cc(C(C)(C)C)cc(NS(C)=O)c4OC)c4ccccc34)ccn2)ccc1C(=O)N(C)CCN1CCN(C)CC1. The van der Waals surface area contributed by atoms with Crippen molar-refractivity contribution in [2.75, 3.05) is 94.5 Å². The van der Waals surface area contributed by atoms with Gasteiger partial charge in [0, 0.05) is 87.4 Å². The van der Waals surface area contributed by atoms with Crippen molar-refractivity contribution in [2.24, 2.45) is 0 Å². The Morgan fingerprint density at radius 2 is 1.56 bits per heavy atom. The number of benzene rings is 4. The molecule has 1 saturated heterocycles. The molecule has 4 aromatic carbocycles. The highest BCUT2D eigenvalue weighted by Gasteiger charge is 2.23. The summed E-state index contributed by atoms with van der Waals surface area (Å²) in [7, 11) is 5.65. The molecule has 5 aromatic rings. The number of methoxy groups -OCH3 is 2. The van der Waals surface area contributed by atoms with E-state index in [0.29, 0.717) is 63.7 Å². The van der Waals surface area contributed by atoms with Crippen LogP contribution in [0.5, 0.6) is 23.0 Å². The molecular formula is C44H54N8O6S. The number of nitrogens with one attached hydrogen (secondary N) is 4. The molecule has 0 saturated carbocycles. The lowest BCUT2D eigenvalue weighted by molar-refractivity contribution is 0.0756. The van der Waals surface area contributed by atoms with Gasteiger partial charge >= 0.3 is 6.03 Å². The molecule has 1 aromatic heterocycles. The van der Waals surface area contributed by atoms with Gasteiger partial charge in [0.2, 0.25) is 0 Å². The highest BCUT2D eigenvalue weighted by molar-refractivity contribution is 7.85. The second-order valence-electron chi connectivity index (χ2n) is 15.5. The molecule has 1 aliphatic rings. The van der Waals surface area contributed by atoms with Crippen LogP contribution in [0.3, 0.4) is 0 Å². The van der Waals surface area contributed by atoms with E-state index < -0.39 is 17.0 Å². The summed E-state index contributed by atoms with van der Waals surface area (Å²) >= 11 is 0. The van der Waals surface area contributed by atoms with Gasteiger partial charge in [0.25, 0.3) is 5.91 Å². The van der Waals surface area contributed by atoms with Gasteiger partial charge in [-0.05, 0) is 60.5 Å². The quantitative estimate of drug-likeness (QED) is 0.0876. The second kappa shape index (κ2) is 18.8. The standard InChI is InChI=1S/C44H54N8O6S/c1-44(2,3)29-25-36(41(57-7)37(26-29)49-59(8)55)48-43(54)47-35-15-16-38(33-12-10-9-11-32(33)35)58-31-17-18-45-40(28-31)46-30-13-14-34(39(27-30)56-6)42(53)51(5)21-24-52-22-19-50(4)20-23-52/h9-18,25-28,49H,19-24H2,1-8H3,(H,45,46)(H2,47,48,54). The van der Waals surface area contributed by atoms with Crippen molar-refractivity contribution in [2.45, 2.75) is 26.2 Å². The van der Waals surface area contributed by atoms with E-state index >= 15 is 0 Å². The first-order valence-corrected chi connectivity index (χ1v) is 21.0. The van der Waals surface area contributed by atoms with Crippen molar-refractivity contribution in [1.82, 2.24) is 19.7 Å². The lowest BCUT2D eigenvalue weighted by atomic mass is 9.86. The van der Waals surface area contributed by atoms with Gasteiger partial charge in [-0.25, -0.2) is 14.0 Å². The number of rotatable bonds is 14. The maximum absolute atomic E-state index is 13.5. The van der Waals surface area contributed by atoms with Crippen molar-refractivity contribution in [3.8, 4) is 23.0 Å². The molecule has 4 N–H and O–H groups in total. The van der Waals surface area contributed by atoms with Crippen LogP contribution < -0.4 is 34.9 Å². The zero-order chi connectivity index (χ0) is 42.3. The topological polar surface area (TPSA) is 150 Å². The van der Waals surface area contributed by atoms with E-state index in [1.165, 1.54) is 13.4 Å². The fourth-order valence-electron chi connectivity index (χ4n) is 6.78. The summed E-state index contributed by atoms with van der Waals surface area (Å²) in [5, 5.41) is 10.8. The number of anilines is 5. The molecule has 1 fully saturated rings. The largest absolute Gasteiger partial charge is 0.496 e. The van der Waals surface area contributed by atoms with Crippen LogP contribution in [-0.4, -0.2) is 110 Å². The van der Waals surface area contributed by atoms with Crippen molar-refractivity contribution >= 4 is 62.3 Å². The van der Waals surface area contributed by atoms with Crippen molar-refractivity contribution in [3.05, 3.63) is 96.2 Å². The molecular weight excluding hydrogens is 769 g/mol. The Balaban J connectivity index is 1.14. The number of pyridine rings is 1. The van der Waals surface area contributed by atoms with Crippen LogP contribution >= 0.6 is 0 Å². The van der Waals surface area contributed by atoms with Gasteiger partial charge in [0.05, 0.1) is 36.8 Å². The summed E-state index contributed by atoms with van der Waals surface area (Å²) in [6.07, 6.45) is 3.18. The van der Waals surface area contributed by atoms with Crippen LogP contribution in [0.1, 0.15) is 36.7 Å². The Bertz CT molecular complexity index is 2330. The Labute approximate surface area is 348 Å². The van der Waals surface area contributed by atoms with E-state index in [2.05, 4.69) is 63.3 Å². The molecule has 1 aliphatic heterocycles. The molecule has 3 amide bonds. The number of amides is 3. The normalized spacial score (nSPS) is 14.0. The fourth-order valence-corrected chi connectivity index (χ4v) is 7.25. The molecule has 0 spiro atoms. The van der Waals surface area contributed by atoms with E-state index in [-0.39, 0.29) is 11.3 Å². The molecule has 0 bridgehead atoms. The van der Waals surface area contributed by atoms with Gasteiger partial charge < -0.3 is 44.7 Å². The zero-order valence-electron chi connectivity index (χ0n) is 35.0. The third kappa shape index (κ3) is 10.8. The molecule has 59 heavy (non-hydrogen) atoms. The number of nitrogens with zero attached hydrogens (tertiary/aromatic N) is 4. The molecule has 6 rings (SSSR count). The Kier molecular flexibility index (Phi) is 13.6. The van der Waals surface area contributed by atoms with Crippen LogP contribution in [0.2, 0.25) is 0 Å². The van der Waals surface area contributed by atoms with Crippen molar-refractivity contribution in [1.29, 1.82) is 0 Å². The highest BCUT2D eigenvalue weighted by atomic mass is 32.2. The molecule has 15 heteroatoms. The predicted octanol–water partition coefficient (Wildman–Crippen LogP) is 7.75. The average Bonchev–Trinajstić information content (AvgIpc) is 3.20. The van der Waals surface area contributed by atoms with Gasteiger partial charge in [0.15, 0.2) is 5.75 Å². The average molecular weight is 823 g/mol. The molecule has 0 aliphatic carbocycles. The molecule has 2 heterocycles. The smallest absolute Gasteiger partial charge is 0.323 e. The number of fused-ring (bicyclic) bond motifs is 1. The molecule has 14 nitrogen and oxygen atoms in total. The van der Waals surface area contributed by atoms with Crippen LogP contribution in [0, 0.1) is 0 Å². The zero-order valence-corrected chi connectivity index (χ0v) is 35.8. The van der Waals surface area contributed by atoms with Crippen molar-refractivity contribution in [3.63, 3.8) is 0 Å². The van der Waals surface area contributed by atoms with Gasteiger partial charge in [-0.2, -0.15) is 0 Å². The number of urea groups is 1. The van der Waals surface area contributed by atoms with Crippen LogP contribution in [0.15, 0.2) is 85.1 Å². The van der Waals surface area contributed by atoms with Crippen LogP contribution in [-0.2, 0) is 16.4 Å². The molecule has 312 valence electrons. The van der Waals surface area contributed by atoms with E-state index in [4.69, 9.17) is 14.2 Å². The lowest BCUT2D eigenvalue weighted by Gasteiger charge is -2.33. The number of likely N-dealkylation sites (N-methyl/N-ethyl adjacent to an activating group) is 2. The second-order valence-corrected chi connectivity index (χ2v) is 16.6. The number of carbonyl (C=O) groups is 2. The number of ether oxygens (including phenoxy) is 3. The van der Waals surface area contributed by atoms with E-state index in [9.17, 15) is 13.8 Å². The first-order chi connectivity index (χ1) is 28.2. The van der Waals surface area contributed by atoms with E-state index in [1.807, 2.05) is 49.5 Å². The maximum Gasteiger partial charge on any atom is 0.323 e. The summed E-state index contributed by atoms with van der Waals surface area (Å²) in [4.78, 5) is 37.9. The molecule has 0 radical (unpaired) electrons. The minimum Gasteiger partial charge on any atom is -0.496 e. The number of hydrogen-bond donors (Lipinski definition) is 4. The Morgan fingerprint density at radius 1 is 0.847 bits per heavy atom. The number of carbonyl (C=O) groups excluding carboxylic acids is 2. The number of aromatic nitrogens is 1. The summed E-state index contributed by atoms with van der Waals surface area (Å²) < 4.78 is 32.7. The van der Waals surface area contributed by atoms with E-state index in [1.54, 1.807) is 54.6 Å². The maximum atomic E-state index is 13.5. The first kappa shape index (κ1) is 42.7. The monoisotopic (exact) mass is 822 g/mol. The first-order valence-electron chi connectivity index (χ1n) is 19.4. The fraction of sp³-hybridized carbons (Fsp3) is 0.341. The summed E-state index contributed by atoms with van der Waals surface area (Å²) in [6.45, 7) is 11.7. The third-order valence-electron chi connectivity index (χ3n) is 10.2. The van der Waals surface area contributed by atoms with Gasteiger partial charge in [-0.15, -0.1) is 0 Å². The number of hydrogen-bond acceptors (Lipinski definition) is 10. The third-order valence-corrected chi connectivity index (χ3v) is 10.7. The minimum atomic E-state index is -1.36. The van der Waals surface area contributed by atoms with Crippen molar-refractivity contribution < 1.29 is 28.0 Å². The summed E-state index contributed by atoms with van der Waals surface area (Å²) in [6, 6.07) is 23.4. The van der Waals surface area contributed by atoms with Gasteiger partial charge in [0.1, 0.15) is 34.1 Å². The Hall–Kier alpha value is -5.90. The van der Waals surface area contributed by atoms with Gasteiger partial charge in [-0.1, -0.05) is 45.0 Å². The summed E-state index contributed by atoms with van der Waals surface area (Å²) in [5.41, 5.74) is 3.35. The molecule has 1 unspecified atom stereocenters. The highest BCUT2D eigenvalue weighted by Crippen LogP contribution is 2.40. The number of piperazine rings is 1. The molecule has 1 atom stereocenters. The van der Waals surface area contributed by atoms with E-state index in [0.717, 1.165) is 49.1 Å². The lowest BCUT2D eigenvalue weighted by Crippen LogP contribution is -2.47. The van der Waals surface area contributed by atoms with Gasteiger partial charge in [-0.3, -0.25) is 9.69 Å². The van der Waals surface area contributed by atoms with Crippen LogP contribution in [0.4, 0.5) is 33.4 Å².